The van der Waals surface area contributed by atoms with E-state index in [-0.39, 0.29) is 75.2 Å². The zero-order chi connectivity index (χ0) is 70.4. The largest absolute Gasteiger partial charge is 0.390 e. The van der Waals surface area contributed by atoms with Crippen molar-refractivity contribution in [2.45, 2.75) is 235 Å². The molecule has 25 heteroatoms. The Labute approximate surface area is 543 Å². The Balaban J connectivity index is 4.52. The van der Waals surface area contributed by atoms with Crippen molar-refractivity contribution >= 4 is 71.3 Å². The summed E-state index contributed by atoms with van der Waals surface area (Å²) in [5.74, 6) is -10.5. The lowest BCUT2D eigenvalue weighted by atomic mass is 9.91. The highest BCUT2D eigenvalue weighted by Gasteiger charge is 2.46. The third-order valence-electron chi connectivity index (χ3n) is 17.0. The standard InChI is InChI=1S/C66H117N11O14/c1-25-27-29-43(15)55(79)54-59(83)69-46(26-2)61(85)75(22)51(36-91-31-28-30-78)64(88)71(18)48(33-38(5)6)58(82)70-52(41(11)12)65(89)72(19)47(32-37(3)4)57(81)67-44(16)56(80)68-45(17)60(84)73(20)49(34-39(7)8)62(86)74(21)50(35-40(9)10)63(87)76(23)53(42(13)14)66(90)77(54)24/h25,27,30,37-55,79H,26,28-29,31-36H2,1-24H3,(H,67,81)(H,68,80)(H,69,83)(H,70,82)/b27-25+/t43-,44+,45-,46+,47+,48+,49+,50+,51-,52+,53+,54+,55-/m1/s1. The lowest BCUT2D eigenvalue weighted by Gasteiger charge is -2.41. The number of nitrogens with one attached hydrogen (secondary N) is 4. The summed E-state index contributed by atoms with van der Waals surface area (Å²) in [6, 6.07) is -14.4. The summed E-state index contributed by atoms with van der Waals surface area (Å²) >= 11 is 0. The lowest BCUT2D eigenvalue weighted by molar-refractivity contribution is -0.157. The second kappa shape index (κ2) is 38.5. The van der Waals surface area contributed by atoms with Gasteiger partial charge in [0.15, 0.2) is 0 Å². The number of rotatable bonds is 20. The van der Waals surface area contributed by atoms with Crippen LogP contribution in [0, 0.1) is 41.4 Å². The molecule has 0 aromatic rings. The summed E-state index contributed by atoms with van der Waals surface area (Å²) in [6.45, 7) is 29.0. The Morgan fingerprint density at radius 1 is 0.462 bits per heavy atom. The van der Waals surface area contributed by atoms with Crippen LogP contribution in [0.5, 0.6) is 0 Å². The van der Waals surface area contributed by atoms with Gasteiger partial charge in [-0.1, -0.05) is 109 Å². The zero-order valence-corrected chi connectivity index (χ0v) is 59.5. The molecule has 1 aliphatic rings. The van der Waals surface area contributed by atoms with E-state index >= 15 is 24.0 Å². The summed E-state index contributed by atoms with van der Waals surface area (Å²) in [5, 5.41) is 23.2. The molecular formula is C66H117N11O14. The van der Waals surface area contributed by atoms with Crippen molar-refractivity contribution in [2.24, 2.45) is 41.4 Å². The molecule has 1 aliphatic heterocycles. The molecule has 0 bridgehead atoms. The highest BCUT2D eigenvalue weighted by Crippen LogP contribution is 2.26. The quantitative estimate of drug-likeness (QED) is 0.0665. The first kappa shape index (κ1) is 82.5. The van der Waals surface area contributed by atoms with Crippen LogP contribution in [0.1, 0.15) is 163 Å². The van der Waals surface area contributed by atoms with Gasteiger partial charge in [0.1, 0.15) is 72.7 Å². The monoisotopic (exact) mass is 1290 g/mol. The van der Waals surface area contributed by atoms with Crippen LogP contribution in [-0.2, 0) is 62.3 Å². The Morgan fingerprint density at radius 3 is 1.32 bits per heavy atom. The van der Waals surface area contributed by atoms with E-state index in [2.05, 4.69) is 21.3 Å². The highest BCUT2D eigenvalue weighted by molar-refractivity contribution is 6.00. The van der Waals surface area contributed by atoms with Gasteiger partial charge >= 0.3 is 0 Å². The Morgan fingerprint density at radius 2 is 0.868 bits per heavy atom. The molecule has 0 radical (unpaired) electrons. The molecule has 520 valence electrons. The minimum atomic E-state index is -1.68. The van der Waals surface area contributed by atoms with Crippen LogP contribution >= 0.6 is 0 Å². The van der Waals surface area contributed by atoms with E-state index in [0.29, 0.717) is 6.29 Å². The van der Waals surface area contributed by atoms with Gasteiger partial charge in [0.05, 0.1) is 19.3 Å². The first-order chi connectivity index (χ1) is 42.2. The normalized spacial score (nSPS) is 26.7. The van der Waals surface area contributed by atoms with Gasteiger partial charge in [0.25, 0.3) is 0 Å². The second-order valence-electron chi connectivity index (χ2n) is 27.3. The summed E-state index contributed by atoms with van der Waals surface area (Å²) in [7, 11) is 9.75. The van der Waals surface area contributed by atoms with Crippen LogP contribution in [0.4, 0.5) is 0 Å². The van der Waals surface area contributed by atoms with Gasteiger partial charge in [-0.15, -0.1) is 0 Å². The predicted octanol–water partition coefficient (Wildman–Crippen LogP) is 3.24. The van der Waals surface area contributed by atoms with E-state index in [1.54, 1.807) is 60.6 Å². The molecule has 1 heterocycles. The average molecular weight is 1290 g/mol. The van der Waals surface area contributed by atoms with E-state index in [1.165, 1.54) is 82.8 Å². The molecule has 1 saturated heterocycles. The topological polar surface area (TPSA) is 305 Å². The Kier molecular flexibility index (Phi) is 34.9. The molecule has 0 aliphatic carbocycles. The first-order valence-electron chi connectivity index (χ1n) is 32.6. The minimum Gasteiger partial charge on any atom is -0.390 e. The number of hydrogen-bond acceptors (Lipinski definition) is 14. The lowest BCUT2D eigenvalue weighted by Crippen LogP contribution is -2.64. The summed E-state index contributed by atoms with van der Waals surface area (Å²) in [6.07, 6.45) is 3.25. The smallest absolute Gasteiger partial charge is 0.248 e. The number of ether oxygens (including phenoxy) is 1. The number of aliphatic hydroxyl groups excluding tert-OH is 1. The van der Waals surface area contributed by atoms with Gasteiger partial charge in [-0.2, -0.15) is 0 Å². The number of carbonyl (C=O) groups excluding carboxylic acids is 12. The van der Waals surface area contributed by atoms with Crippen LogP contribution in [0.15, 0.2) is 12.2 Å². The van der Waals surface area contributed by atoms with Crippen molar-refractivity contribution in [3.63, 3.8) is 0 Å². The Bertz CT molecular complexity index is 2490. The summed E-state index contributed by atoms with van der Waals surface area (Å²) in [5.41, 5.74) is 0. The molecule has 13 atom stereocenters. The summed E-state index contributed by atoms with van der Waals surface area (Å²) in [4.78, 5) is 183. The minimum absolute atomic E-state index is 0.0506. The van der Waals surface area contributed by atoms with E-state index < -0.39 is 162 Å². The third kappa shape index (κ3) is 23.5. The van der Waals surface area contributed by atoms with Gasteiger partial charge in [0.2, 0.25) is 65.0 Å². The molecule has 91 heavy (non-hydrogen) atoms. The number of allylic oxidation sites excluding steroid dienone is 2. The third-order valence-corrected chi connectivity index (χ3v) is 17.0. The molecule has 11 amide bonds. The SMILES string of the molecule is C/C=C/C[C@@H](C)[C@@H](O)[C@H]1C(=O)N[C@@H](CC)C(=O)N(C)[C@H](COCCC=O)C(=O)N(C)[C@@H](CC(C)C)C(=O)N[C@@H](C(C)C)C(=O)N(C)[C@@H](CC(C)C)C(=O)N[C@@H](C)C(=O)N[C@H](C)C(=O)N(C)[C@@H](CC(C)C)C(=O)N(C)[C@@H](CC(C)C)C(=O)N(C)[C@@H](C(C)C)C(=O)N1C. The molecule has 5 N–H and O–H groups in total. The maximum atomic E-state index is 15.3. The van der Waals surface area contributed by atoms with Gasteiger partial charge in [0, 0.05) is 55.8 Å². The van der Waals surface area contributed by atoms with Crippen LogP contribution in [0.2, 0.25) is 0 Å². The van der Waals surface area contributed by atoms with Crippen molar-refractivity contribution in [1.29, 1.82) is 0 Å². The van der Waals surface area contributed by atoms with Crippen LogP contribution < -0.4 is 21.3 Å². The van der Waals surface area contributed by atoms with Gasteiger partial charge in [-0.3, -0.25) is 52.7 Å². The maximum absolute atomic E-state index is 15.3. The summed E-state index contributed by atoms with van der Waals surface area (Å²) < 4.78 is 5.82. The predicted molar refractivity (Wildman–Crippen MR) is 349 cm³/mol. The molecule has 25 nitrogen and oxygen atoms in total. The number of aldehydes is 1. The fourth-order valence-corrected chi connectivity index (χ4v) is 11.3. The molecule has 1 rings (SSSR count). The van der Waals surface area contributed by atoms with Crippen molar-refractivity contribution in [3.05, 3.63) is 12.2 Å². The van der Waals surface area contributed by atoms with Gasteiger partial charge in [-0.25, -0.2) is 0 Å². The van der Waals surface area contributed by atoms with Gasteiger partial charge < -0.3 is 70.2 Å². The maximum Gasteiger partial charge on any atom is 0.248 e. The van der Waals surface area contributed by atoms with Crippen molar-refractivity contribution in [2.75, 3.05) is 62.5 Å². The van der Waals surface area contributed by atoms with Crippen molar-refractivity contribution < 1.29 is 67.4 Å². The molecule has 0 aromatic carbocycles. The zero-order valence-electron chi connectivity index (χ0n) is 59.5. The molecule has 1 fully saturated rings. The van der Waals surface area contributed by atoms with Crippen LogP contribution in [-0.4, -0.2) is 246 Å². The first-order valence-corrected chi connectivity index (χ1v) is 32.6. The van der Waals surface area contributed by atoms with Crippen LogP contribution in [0.3, 0.4) is 0 Å². The van der Waals surface area contributed by atoms with Crippen molar-refractivity contribution in [3.8, 4) is 0 Å². The molecular weight excluding hydrogens is 1170 g/mol. The fraction of sp³-hybridized carbons (Fsp3) is 0.788. The molecule has 0 saturated carbocycles. The highest BCUT2D eigenvalue weighted by atomic mass is 16.5. The Hall–Kier alpha value is -6.50. The van der Waals surface area contributed by atoms with E-state index in [4.69, 9.17) is 4.74 Å². The van der Waals surface area contributed by atoms with Crippen molar-refractivity contribution in [1.82, 2.24) is 55.6 Å². The number of nitrogens with zero attached hydrogens (tertiary/aromatic N) is 7. The number of likely N-dealkylation sites (N-methyl/N-ethyl adjacent to an activating group) is 7. The van der Waals surface area contributed by atoms with E-state index in [1.807, 2.05) is 55.4 Å². The average Bonchev–Trinajstić information content (AvgIpc) is 2.51. The van der Waals surface area contributed by atoms with E-state index in [0.717, 1.165) is 14.7 Å². The molecule has 0 aromatic heterocycles. The number of hydrogen-bond donors (Lipinski definition) is 5. The number of aliphatic hydroxyl groups is 1. The van der Waals surface area contributed by atoms with Gasteiger partial charge in [-0.05, 0) is 101 Å². The number of amides is 11. The molecule has 0 spiro atoms. The number of carbonyl (C=O) groups is 12. The fourth-order valence-electron chi connectivity index (χ4n) is 11.3. The second-order valence-corrected chi connectivity index (χ2v) is 27.3. The molecule has 0 unspecified atom stereocenters. The van der Waals surface area contributed by atoms with Crippen LogP contribution in [0.25, 0.3) is 0 Å². The van der Waals surface area contributed by atoms with E-state index in [9.17, 15) is 38.7 Å².